The van der Waals surface area contributed by atoms with Gasteiger partial charge in [0.25, 0.3) is 0 Å². The molecule has 0 unspecified atom stereocenters. The molecule has 0 saturated carbocycles. The normalized spacial score (nSPS) is 17.4. The molecule has 0 N–H and O–H groups in total. The van der Waals surface area contributed by atoms with E-state index in [4.69, 9.17) is 0 Å². The molecule has 3 nitrogen and oxygen atoms in total. The van der Waals surface area contributed by atoms with E-state index in [0.29, 0.717) is 4.88 Å². The SMILES string of the molecule is O=Cc1cnc(N2CCSCC2)s1. The number of hydrogen-bond acceptors (Lipinski definition) is 5. The summed E-state index contributed by atoms with van der Waals surface area (Å²) in [5, 5.41) is 0.988. The molecule has 1 aliphatic heterocycles. The first-order chi connectivity index (χ1) is 6.40. The van der Waals surface area contributed by atoms with E-state index < -0.39 is 0 Å². The maximum absolute atomic E-state index is 10.5. The van der Waals surface area contributed by atoms with Gasteiger partial charge in [-0.25, -0.2) is 4.98 Å². The van der Waals surface area contributed by atoms with Crippen LogP contribution in [0.1, 0.15) is 9.67 Å². The minimum absolute atomic E-state index is 0.716. The molecule has 0 bridgehead atoms. The van der Waals surface area contributed by atoms with Crippen molar-refractivity contribution >= 4 is 34.5 Å². The van der Waals surface area contributed by atoms with Crippen molar-refractivity contribution < 1.29 is 4.79 Å². The fraction of sp³-hybridized carbons (Fsp3) is 0.500. The fourth-order valence-electron chi connectivity index (χ4n) is 1.23. The predicted octanol–water partition coefficient (Wildman–Crippen LogP) is 1.51. The number of carbonyl (C=O) groups is 1. The van der Waals surface area contributed by atoms with E-state index >= 15 is 0 Å². The molecular formula is C8H10N2OS2. The van der Waals surface area contributed by atoms with Gasteiger partial charge in [0.2, 0.25) is 0 Å². The summed E-state index contributed by atoms with van der Waals surface area (Å²) in [5.41, 5.74) is 0. The van der Waals surface area contributed by atoms with Gasteiger partial charge in [0, 0.05) is 24.6 Å². The van der Waals surface area contributed by atoms with Gasteiger partial charge in [-0.3, -0.25) is 4.79 Å². The van der Waals surface area contributed by atoms with Crippen LogP contribution in [-0.2, 0) is 0 Å². The predicted molar refractivity (Wildman–Crippen MR) is 57.0 cm³/mol. The monoisotopic (exact) mass is 214 g/mol. The van der Waals surface area contributed by atoms with Crippen molar-refractivity contribution in [2.45, 2.75) is 0 Å². The molecule has 0 spiro atoms. The molecule has 2 rings (SSSR count). The third-order valence-electron chi connectivity index (χ3n) is 1.91. The van der Waals surface area contributed by atoms with Crippen LogP contribution >= 0.6 is 23.1 Å². The molecule has 5 heteroatoms. The first-order valence-electron chi connectivity index (χ1n) is 4.14. The Bertz CT molecular complexity index is 294. The van der Waals surface area contributed by atoms with Crippen molar-refractivity contribution in [2.75, 3.05) is 29.5 Å². The van der Waals surface area contributed by atoms with Gasteiger partial charge >= 0.3 is 0 Å². The summed E-state index contributed by atoms with van der Waals surface area (Å²) in [6.45, 7) is 2.10. The third kappa shape index (κ3) is 2.03. The molecule has 13 heavy (non-hydrogen) atoms. The molecule has 0 amide bonds. The van der Waals surface area contributed by atoms with Crippen molar-refractivity contribution in [3.8, 4) is 0 Å². The average Bonchev–Trinajstić information content (AvgIpc) is 2.67. The summed E-state index contributed by atoms with van der Waals surface area (Å²) in [7, 11) is 0. The number of thioether (sulfide) groups is 1. The summed E-state index contributed by atoms with van der Waals surface area (Å²) in [4.78, 5) is 17.6. The number of aldehydes is 1. The van der Waals surface area contributed by atoms with Gasteiger partial charge in [0.15, 0.2) is 11.4 Å². The largest absolute Gasteiger partial charge is 0.346 e. The summed E-state index contributed by atoms with van der Waals surface area (Å²) in [5.74, 6) is 2.33. The second kappa shape index (κ2) is 4.11. The van der Waals surface area contributed by atoms with Gasteiger partial charge in [-0.15, -0.1) is 0 Å². The van der Waals surface area contributed by atoms with Gasteiger partial charge in [0.1, 0.15) is 0 Å². The van der Waals surface area contributed by atoms with Gasteiger partial charge in [-0.1, -0.05) is 11.3 Å². The highest BCUT2D eigenvalue weighted by Crippen LogP contribution is 2.23. The van der Waals surface area contributed by atoms with Crippen LogP contribution in [0, 0.1) is 0 Å². The van der Waals surface area contributed by atoms with Crippen LogP contribution < -0.4 is 4.90 Å². The minimum Gasteiger partial charge on any atom is -0.346 e. The van der Waals surface area contributed by atoms with E-state index in [0.717, 1.165) is 36.0 Å². The molecule has 70 valence electrons. The lowest BCUT2D eigenvalue weighted by Crippen LogP contribution is -2.32. The van der Waals surface area contributed by atoms with Crippen LogP contribution in [0.2, 0.25) is 0 Å². The zero-order valence-electron chi connectivity index (χ0n) is 7.10. The molecule has 1 fully saturated rings. The number of rotatable bonds is 2. The van der Waals surface area contributed by atoms with Gasteiger partial charge < -0.3 is 4.90 Å². The number of thiazole rings is 1. The Hall–Kier alpha value is -0.550. The van der Waals surface area contributed by atoms with Crippen LogP contribution in [-0.4, -0.2) is 35.9 Å². The van der Waals surface area contributed by atoms with E-state index in [1.807, 2.05) is 11.8 Å². The summed E-state index contributed by atoms with van der Waals surface area (Å²) < 4.78 is 0. The smallest absolute Gasteiger partial charge is 0.185 e. The molecule has 0 atom stereocenters. The number of carbonyl (C=O) groups excluding carboxylic acids is 1. The standard InChI is InChI=1S/C8H10N2OS2/c11-6-7-5-9-8(13-7)10-1-3-12-4-2-10/h5-6H,1-4H2. The number of nitrogens with zero attached hydrogens (tertiary/aromatic N) is 2. The molecule has 1 aliphatic rings. The van der Waals surface area contributed by atoms with Crippen molar-refractivity contribution in [1.29, 1.82) is 0 Å². The van der Waals surface area contributed by atoms with Crippen molar-refractivity contribution in [3.63, 3.8) is 0 Å². The lowest BCUT2D eigenvalue weighted by Gasteiger charge is -2.25. The van der Waals surface area contributed by atoms with Crippen LogP contribution in [0.5, 0.6) is 0 Å². The number of hydrogen-bond donors (Lipinski definition) is 0. The number of anilines is 1. The van der Waals surface area contributed by atoms with Gasteiger partial charge in [-0.05, 0) is 0 Å². The maximum Gasteiger partial charge on any atom is 0.185 e. The van der Waals surface area contributed by atoms with Gasteiger partial charge in [0.05, 0.1) is 11.1 Å². The Morgan fingerprint density at radius 1 is 1.46 bits per heavy atom. The first-order valence-corrected chi connectivity index (χ1v) is 6.11. The quantitative estimate of drug-likeness (QED) is 0.699. The average molecular weight is 214 g/mol. The third-order valence-corrected chi connectivity index (χ3v) is 3.84. The molecule has 1 aromatic rings. The van der Waals surface area contributed by atoms with Crippen molar-refractivity contribution in [3.05, 3.63) is 11.1 Å². The summed E-state index contributed by atoms with van der Waals surface area (Å²) in [6, 6.07) is 0. The van der Waals surface area contributed by atoms with E-state index in [1.54, 1.807) is 6.20 Å². The number of aromatic nitrogens is 1. The topological polar surface area (TPSA) is 33.2 Å². The lowest BCUT2D eigenvalue weighted by molar-refractivity contribution is 0.112. The van der Waals surface area contributed by atoms with E-state index in [1.165, 1.54) is 11.3 Å². The van der Waals surface area contributed by atoms with Crippen LogP contribution in [0.25, 0.3) is 0 Å². The highest BCUT2D eigenvalue weighted by Gasteiger charge is 2.13. The molecule has 1 saturated heterocycles. The van der Waals surface area contributed by atoms with E-state index in [9.17, 15) is 4.79 Å². The Balaban J connectivity index is 2.09. The Morgan fingerprint density at radius 2 is 2.23 bits per heavy atom. The summed E-state index contributed by atoms with van der Waals surface area (Å²) in [6.07, 6.45) is 2.51. The van der Waals surface area contributed by atoms with Crippen molar-refractivity contribution in [1.82, 2.24) is 4.98 Å². The Kier molecular flexibility index (Phi) is 2.85. The molecule has 1 aromatic heterocycles. The first kappa shape index (κ1) is 9.02. The molecular weight excluding hydrogens is 204 g/mol. The van der Waals surface area contributed by atoms with Crippen LogP contribution in [0.15, 0.2) is 6.20 Å². The Labute approximate surface area is 85.2 Å². The summed E-state index contributed by atoms with van der Waals surface area (Å²) >= 11 is 3.45. The molecule has 0 aromatic carbocycles. The van der Waals surface area contributed by atoms with Crippen LogP contribution in [0.3, 0.4) is 0 Å². The van der Waals surface area contributed by atoms with E-state index in [2.05, 4.69) is 9.88 Å². The maximum atomic E-state index is 10.5. The fourth-order valence-corrected chi connectivity index (χ4v) is 2.92. The molecule has 2 heterocycles. The lowest BCUT2D eigenvalue weighted by atomic mass is 10.5. The van der Waals surface area contributed by atoms with Gasteiger partial charge in [-0.2, -0.15) is 11.8 Å². The molecule has 0 aliphatic carbocycles. The van der Waals surface area contributed by atoms with E-state index in [-0.39, 0.29) is 0 Å². The van der Waals surface area contributed by atoms with Crippen LogP contribution in [0.4, 0.5) is 5.13 Å². The second-order valence-electron chi connectivity index (χ2n) is 2.76. The minimum atomic E-state index is 0.716. The zero-order valence-corrected chi connectivity index (χ0v) is 8.74. The highest BCUT2D eigenvalue weighted by atomic mass is 32.2. The zero-order chi connectivity index (χ0) is 9.10. The molecule has 0 radical (unpaired) electrons. The highest BCUT2D eigenvalue weighted by molar-refractivity contribution is 7.99. The second-order valence-corrected chi connectivity index (χ2v) is 5.03. The van der Waals surface area contributed by atoms with Crippen molar-refractivity contribution in [2.24, 2.45) is 0 Å². The Morgan fingerprint density at radius 3 is 2.85 bits per heavy atom.